The van der Waals surface area contributed by atoms with E-state index in [2.05, 4.69) is 6.58 Å². The quantitative estimate of drug-likeness (QED) is 0.784. The normalized spacial score (nSPS) is 19.1. The van der Waals surface area contributed by atoms with E-state index in [1.54, 1.807) is 12.1 Å². The van der Waals surface area contributed by atoms with Gasteiger partial charge in [-0.15, -0.1) is 0 Å². The average Bonchev–Trinajstić information content (AvgIpc) is 2.39. The Bertz CT molecular complexity index is 477. The number of rotatable bonds is 2. The van der Waals surface area contributed by atoms with Gasteiger partial charge in [0.25, 0.3) is 0 Å². The number of hydrogen-bond donors (Lipinski definition) is 0. The molecule has 4 nitrogen and oxygen atoms in total. The van der Waals surface area contributed by atoms with Crippen LogP contribution in [0.25, 0.3) is 0 Å². The van der Waals surface area contributed by atoms with Crippen molar-refractivity contribution in [3.8, 4) is 0 Å². The number of morpholine rings is 1. The van der Waals surface area contributed by atoms with E-state index in [0.717, 1.165) is 5.56 Å². The molecule has 0 saturated carbocycles. The van der Waals surface area contributed by atoms with Gasteiger partial charge < -0.3 is 14.4 Å². The predicted molar refractivity (Wildman–Crippen MR) is 68.1 cm³/mol. The zero-order valence-electron chi connectivity index (χ0n) is 10.1. The molecule has 0 unspecified atom stereocenters. The topological polar surface area (TPSA) is 38.8 Å². The SMILES string of the molecule is C=C(Cl)OC(=O)N1CCO[C@H](c2ccc(F)cc2)C1. The lowest BCUT2D eigenvalue weighted by atomic mass is 10.1. The summed E-state index contributed by atoms with van der Waals surface area (Å²) < 4.78 is 23.1. The monoisotopic (exact) mass is 285 g/mol. The summed E-state index contributed by atoms with van der Waals surface area (Å²) in [6, 6.07) is 5.98. The molecule has 19 heavy (non-hydrogen) atoms. The third-order valence-corrected chi connectivity index (χ3v) is 2.84. The van der Waals surface area contributed by atoms with Gasteiger partial charge in [-0.25, -0.2) is 9.18 Å². The second-order valence-electron chi connectivity index (χ2n) is 4.08. The number of carbonyl (C=O) groups excluding carboxylic acids is 1. The van der Waals surface area contributed by atoms with Gasteiger partial charge in [-0.05, 0) is 35.9 Å². The fraction of sp³-hybridized carbons (Fsp3) is 0.308. The molecule has 1 aliphatic rings. The lowest BCUT2D eigenvalue weighted by Gasteiger charge is -2.32. The minimum atomic E-state index is -0.560. The van der Waals surface area contributed by atoms with Crippen LogP contribution < -0.4 is 0 Å². The van der Waals surface area contributed by atoms with Crippen molar-refractivity contribution in [2.24, 2.45) is 0 Å². The molecule has 0 radical (unpaired) electrons. The van der Waals surface area contributed by atoms with Crippen LogP contribution in [0.2, 0.25) is 0 Å². The summed E-state index contributed by atoms with van der Waals surface area (Å²) in [6.07, 6.45) is -0.860. The molecule has 0 bridgehead atoms. The van der Waals surface area contributed by atoms with Crippen molar-refractivity contribution in [1.82, 2.24) is 4.90 Å². The summed E-state index contributed by atoms with van der Waals surface area (Å²) >= 11 is 5.43. The molecule has 6 heteroatoms. The highest BCUT2D eigenvalue weighted by atomic mass is 35.5. The van der Waals surface area contributed by atoms with Gasteiger partial charge in [-0.2, -0.15) is 0 Å². The summed E-state index contributed by atoms with van der Waals surface area (Å²) in [7, 11) is 0. The van der Waals surface area contributed by atoms with E-state index in [-0.39, 0.29) is 17.1 Å². The van der Waals surface area contributed by atoms with Gasteiger partial charge in [-0.1, -0.05) is 12.1 Å². The molecule has 1 fully saturated rings. The Labute approximate surface area is 115 Å². The van der Waals surface area contributed by atoms with Gasteiger partial charge in [0.2, 0.25) is 0 Å². The van der Waals surface area contributed by atoms with Crippen molar-refractivity contribution in [2.75, 3.05) is 19.7 Å². The first-order valence-electron chi connectivity index (χ1n) is 5.74. The zero-order chi connectivity index (χ0) is 13.8. The molecule has 0 N–H and O–H groups in total. The number of hydrogen-bond acceptors (Lipinski definition) is 3. The van der Waals surface area contributed by atoms with Crippen molar-refractivity contribution in [1.29, 1.82) is 0 Å². The van der Waals surface area contributed by atoms with Crippen LogP contribution in [0.5, 0.6) is 0 Å². The van der Waals surface area contributed by atoms with Gasteiger partial charge in [0.15, 0.2) is 5.22 Å². The highest BCUT2D eigenvalue weighted by molar-refractivity contribution is 6.28. The van der Waals surface area contributed by atoms with Crippen molar-refractivity contribution in [2.45, 2.75) is 6.10 Å². The molecule has 0 aromatic heterocycles. The second-order valence-corrected chi connectivity index (χ2v) is 4.50. The molecule has 1 saturated heterocycles. The van der Waals surface area contributed by atoms with Gasteiger partial charge in [0.05, 0.1) is 13.2 Å². The van der Waals surface area contributed by atoms with Crippen LogP contribution in [0.1, 0.15) is 11.7 Å². The van der Waals surface area contributed by atoms with E-state index in [9.17, 15) is 9.18 Å². The van der Waals surface area contributed by atoms with Gasteiger partial charge in [-0.3, -0.25) is 0 Å². The molecule has 1 atom stereocenters. The molecular formula is C13H13ClFNO3. The van der Waals surface area contributed by atoms with Crippen molar-refractivity contribution < 1.29 is 18.7 Å². The van der Waals surface area contributed by atoms with Crippen molar-refractivity contribution in [3.05, 3.63) is 47.4 Å². The summed E-state index contributed by atoms with van der Waals surface area (Å²) in [6.45, 7) is 4.43. The fourth-order valence-electron chi connectivity index (χ4n) is 1.85. The molecule has 1 aromatic carbocycles. The highest BCUT2D eigenvalue weighted by Crippen LogP contribution is 2.23. The number of benzene rings is 1. The molecule has 1 aliphatic heterocycles. The first-order valence-corrected chi connectivity index (χ1v) is 6.12. The molecule has 1 aromatic rings. The second kappa shape index (κ2) is 6.04. The standard InChI is InChI=1S/C13H13ClFNO3/c1-9(14)19-13(17)16-6-7-18-12(8-16)10-2-4-11(15)5-3-10/h2-5,12H,1,6-8H2/t12-/m0/s1. The predicted octanol–water partition coefficient (Wildman–Crippen LogP) is 3.05. The average molecular weight is 286 g/mol. The fourth-order valence-corrected chi connectivity index (χ4v) is 1.92. The van der Waals surface area contributed by atoms with Crippen LogP contribution in [0.15, 0.2) is 36.1 Å². The number of carbonyl (C=O) groups is 1. The largest absolute Gasteiger partial charge is 0.416 e. The zero-order valence-corrected chi connectivity index (χ0v) is 10.9. The van der Waals surface area contributed by atoms with E-state index in [0.29, 0.717) is 19.7 Å². The van der Waals surface area contributed by atoms with E-state index in [1.165, 1.54) is 17.0 Å². The van der Waals surface area contributed by atoms with Crippen LogP contribution in [0.4, 0.5) is 9.18 Å². The van der Waals surface area contributed by atoms with Gasteiger partial charge >= 0.3 is 6.09 Å². The van der Waals surface area contributed by atoms with Crippen LogP contribution in [0.3, 0.4) is 0 Å². The summed E-state index contributed by atoms with van der Waals surface area (Å²) in [5.41, 5.74) is 0.809. The molecule has 0 aliphatic carbocycles. The highest BCUT2D eigenvalue weighted by Gasteiger charge is 2.26. The molecule has 1 heterocycles. The number of nitrogens with zero attached hydrogens (tertiary/aromatic N) is 1. The Morgan fingerprint density at radius 2 is 2.16 bits per heavy atom. The third kappa shape index (κ3) is 3.68. The Hall–Kier alpha value is -1.59. The molecule has 0 spiro atoms. The van der Waals surface area contributed by atoms with Crippen LogP contribution in [-0.4, -0.2) is 30.7 Å². The maximum atomic E-state index is 12.9. The number of amides is 1. The Morgan fingerprint density at radius 1 is 1.47 bits per heavy atom. The Kier molecular flexibility index (Phi) is 4.39. The minimum absolute atomic E-state index is 0.171. The van der Waals surface area contributed by atoms with Crippen molar-refractivity contribution >= 4 is 17.7 Å². The van der Waals surface area contributed by atoms with Gasteiger partial charge in [0, 0.05) is 6.54 Å². The molecule has 1 amide bonds. The minimum Gasteiger partial charge on any atom is -0.398 e. The maximum Gasteiger partial charge on any atom is 0.416 e. The van der Waals surface area contributed by atoms with Crippen LogP contribution in [-0.2, 0) is 9.47 Å². The first-order chi connectivity index (χ1) is 9.06. The van der Waals surface area contributed by atoms with E-state index in [4.69, 9.17) is 21.1 Å². The van der Waals surface area contributed by atoms with Crippen LogP contribution >= 0.6 is 11.6 Å². The smallest absolute Gasteiger partial charge is 0.398 e. The summed E-state index contributed by atoms with van der Waals surface area (Å²) in [5.74, 6) is -0.311. The van der Waals surface area contributed by atoms with E-state index >= 15 is 0 Å². The number of halogens is 2. The lowest BCUT2D eigenvalue weighted by molar-refractivity contribution is -0.0244. The van der Waals surface area contributed by atoms with E-state index in [1.807, 2.05) is 0 Å². The lowest BCUT2D eigenvalue weighted by Crippen LogP contribution is -2.42. The maximum absolute atomic E-state index is 12.9. The molecule has 2 rings (SSSR count). The van der Waals surface area contributed by atoms with Crippen LogP contribution in [0, 0.1) is 5.82 Å². The Morgan fingerprint density at radius 3 is 2.79 bits per heavy atom. The summed E-state index contributed by atoms with van der Waals surface area (Å²) in [4.78, 5) is 13.2. The van der Waals surface area contributed by atoms with Gasteiger partial charge in [0.1, 0.15) is 11.9 Å². The summed E-state index contributed by atoms with van der Waals surface area (Å²) in [5, 5.41) is -0.171. The van der Waals surface area contributed by atoms with Crippen molar-refractivity contribution in [3.63, 3.8) is 0 Å². The first kappa shape index (κ1) is 13.8. The molecular weight excluding hydrogens is 273 g/mol. The van der Waals surface area contributed by atoms with E-state index < -0.39 is 6.09 Å². The number of ether oxygens (including phenoxy) is 2. The molecule has 102 valence electrons. The third-order valence-electron chi connectivity index (χ3n) is 2.76. The Balaban J connectivity index is 2.02.